The first-order valence-corrected chi connectivity index (χ1v) is 6.22. The quantitative estimate of drug-likeness (QED) is 0.256. The van der Waals surface area contributed by atoms with E-state index >= 15 is 0 Å². The van der Waals surface area contributed by atoms with E-state index in [0.29, 0.717) is 0 Å². The molecule has 0 aliphatic heterocycles. The molecule has 0 bridgehead atoms. The zero-order chi connectivity index (χ0) is 14.6. The maximum absolute atomic E-state index is 12.6. The van der Waals surface area contributed by atoms with Gasteiger partial charge in [0.2, 0.25) is 0 Å². The number of pyridine rings is 1. The highest BCUT2D eigenvalue weighted by Crippen LogP contribution is 2.29. The van der Waals surface area contributed by atoms with Gasteiger partial charge in [0, 0.05) is 11.6 Å². The number of ether oxygens (including phenoxy) is 1. The summed E-state index contributed by atoms with van der Waals surface area (Å²) in [6.07, 6.45) is -3.30. The molecule has 1 heterocycles. The van der Waals surface area contributed by atoms with Crippen molar-refractivity contribution in [3.8, 4) is 0 Å². The summed E-state index contributed by atoms with van der Waals surface area (Å²) in [5.74, 6) is -0.596. The van der Waals surface area contributed by atoms with Gasteiger partial charge >= 0.3 is 5.97 Å². The summed E-state index contributed by atoms with van der Waals surface area (Å²) in [4.78, 5) is 24.6. The summed E-state index contributed by atoms with van der Waals surface area (Å²) < 4.78 is 30.0. The van der Waals surface area contributed by atoms with Crippen LogP contribution in [0.25, 0.3) is 0 Å². The molecule has 0 saturated heterocycles. The van der Waals surface area contributed by atoms with Gasteiger partial charge in [-0.3, -0.25) is 14.9 Å². The fraction of sp³-hybridized carbons (Fsp3) is 0.400. The summed E-state index contributed by atoms with van der Waals surface area (Å²) in [5.41, 5.74) is -1.51. The molecule has 0 amide bonds. The Morgan fingerprint density at radius 2 is 2.26 bits per heavy atom. The molecule has 0 aliphatic carbocycles. The zero-order valence-electron chi connectivity index (χ0n) is 9.73. The lowest BCUT2D eigenvalue weighted by molar-refractivity contribution is -0.386. The number of esters is 1. The van der Waals surface area contributed by atoms with Crippen LogP contribution in [0, 0.1) is 13.8 Å². The van der Waals surface area contributed by atoms with Crippen LogP contribution in [0.1, 0.15) is 24.6 Å². The second-order valence-corrected chi connectivity index (χ2v) is 4.40. The maximum atomic E-state index is 12.6. The summed E-state index contributed by atoms with van der Waals surface area (Å²) in [7, 11) is 0. The van der Waals surface area contributed by atoms with Crippen molar-refractivity contribution < 1.29 is 23.2 Å². The van der Waals surface area contributed by atoms with Crippen molar-refractivity contribution in [1.29, 1.82) is 0 Å². The Kier molecular flexibility index (Phi) is 5.51. The molecule has 0 spiro atoms. The highest BCUT2D eigenvalue weighted by atomic mass is 127. The minimum atomic E-state index is -3.05. The van der Waals surface area contributed by atoms with E-state index in [1.54, 1.807) is 29.5 Å². The Bertz CT molecular complexity index is 511. The van der Waals surface area contributed by atoms with Crippen LogP contribution in [-0.2, 0) is 16.0 Å². The molecule has 0 aromatic carbocycles. The number of nitro groups is 1. The van der Waals surface area contributed by atoms with Crippen LogP contribution in [-0.4, -0.2) is 22.5 Å². The van der Waals surface area contributed by atoms with Gasteiger partial charge in [0.15, 0.2) is 5.69 Å². The lowest BCUT2D eigenvalue weighted by Gasteiger charge is -2.07. The first-order chi connectivity index (χ1) is 8.86. The number of nitrogens with zero attached hydrogens (tertiary/aromatic N) is 2. The average molecular weight is 386 g/mol. The van der Waals surface area contributed by atoms with E-state index < -0.39 is 28.7 Å². The van der Waals surface area contributed by atoms with E-state index in [2.05, 4.69) is 4.98 Å². The van der Waals surface area contributed by atoms with Crippen molar-refractivity contribution in [1.82, 2.24) is 4.98 Å². The van der Waals surface area contributed by atoms with Crippen LogP contribution in [0.2, 0.25) is 0 Å². The predicted molar refractivity (Wildman–Crippen MR) is 68.9 cm³/mol. The van der Waals surface area contributed by atoms with Gasteiger partial charge in [0.1, 0.15) is 3.70 Å². The van der Waals surface area contributed by atoms with E-state index in [1.165, 1.54) is 0 Å². The monoisotopic (exact) mass is 386 g/mol. The largest absolute Gasteiger partial charge is 0.466 e. The molecular formula is C10H9F2IN2O4. The van der Waals surface area contributed by atoms with Crippen molar-refractivity contribution >= 4 is 34.2 Å². The van der Waals surface area contributed by atoms with E-state index in [9.17, 15) is 23.7 Å². The highest BCUT2D eigenvalue weighted by Gasteiger charge is 2.26. The van der Waals surface area contributed by atoms with Crippen molar-refractivity contribution in [3.05, 3.63) is 31.1 Å². The highest BCUT2D eigenvalue weighted by molar-refractivity contribution is 14.1. The number of hydrogen-bond donors (Lipinski definition) is 0. The molecule has 19 heavy (non-hydrogen) atoms. The fourth-order valence-corrected chi connectivity index (χ4v) is 1.94. The zero-order valence-corrected chi connectivity index (χ0v) is 11.9. The average Bonchev–Trinajstić information content (AvgIpc) is 2.31. The molecule has 0 N–H and O–H groups in total. The molecule has 1 aromatic rings. The lowest BCUT2D eigenvalue weighted by atomic mass is 10.1. The fourth-order valence-electron chi connectivity index (χ4n) is 1.33. The van der Waals surface area contributed by atoms with Gasteiger partial charge in [-0.2, -0.15) is 0 Å². The molecule has 1 aromatic heterocycles. The van der Waals surface area contributed by atoms with Crippen molar-refractivity contribution in [2.75, 3.05) is 6.61 Å². The second-order valence-electron chi connectivity index (χ2n) is 3.38. The molecular weight excluding hydrogens is 377 g/mol. The Labute approximate surface area is 120 Å². The molecule has 6 nitrogen and oxygen atoms in total. The Morgan fingerprint density at radius 1 is 1.63 bits per heavy atom. The van der Waals surface area contributed by atoms with Gasteiger partial charge in [0.05, 0.1) is 18.0 Å². The summed E-state index contributed by atoms with van der Waals surface area (Å²) >= 11 is 1.65. The third-order valence-electron chi connectivity index (χ3n) is 2.10. The molecule has 104 valence electrons. The molecule has 9 heteroatoms. The van der Waals surface area contributed by atoms with Gasteiger partial charge in [-0.25, -0.2) is 13.8 Å². The number of hydrogen-bond acceptors (Lipinski definition) is 5. The first kappa shape index (κ1) is 15.7. The predicted octanol–water partition coefficient (Wildman–Crippen LogP) is 2.64. The van der Waals surface area contributed by atoms with Gasteiger partial charge in [-0.05, 0) is 29.5 Å². The van der Waals surface area contributed by atoms with E-state index in [4.69, 9.17) is 4.74 Å². The Balaban J connectivity index is 3.17. The lowest BCUT2D eigenvalue weighted by Crippen LogP contribution is -2.11. The van der Waals surface area contributed by atoms with Crippen LogP contribution in [0.15, 0.2) is 6.07 Å². The molecule has 0 atom stereocenters. The van der Waals surface area contributed by atoms with E-state index in [1.807, 2.05) is 0 Å². The number of halogens is 3. The third kappa shape index (κ3) is 4.04. The van der Waals surface area contributed by atoms with Gasteiger partial charge in [0.25, 0.3) is 12.1 Å². The minimum absolute atomic E-state index is 0.117. The Morgan fingerprint density at radius 3 is 2.74 bits per heavy atom. The van der Waals surface area contributed by atoms with Crippen LogP contribution in [0.3, 0.4) is 0 Å². The summed E-state index contributed by atoms with van der Waals surface area (Å²) in [6.45, 7) is 1.78. The van der Waals surface area contributed by atoms with Crippen LogP contribution in [0.5, 0.6) is 0 Å². The Hall–Kier alpha value is -1.39. The number of rotatable bonds is 5. The third-order valence-corrected chi connectivity index (χ3v) is 3.03. The normalized spacial score (nSPS) is 10.6. The number of carbonyl (C=O) groups is 1. The first-order valence-electron chi connectivity index (χ1n) is 5.14. The minimum Gasteiger partial charge on any atom is -0.466 e. The summed E-state index contributed by atoms with van der Waals surface area (Å²) in [6, 6.07) is 0.938. The van der Waals surface area contributed by atoms with Crippen LogP contribution >= 0.6 is 22.6 Å². The van der Waals surface area contributed by atoms with Crippen LogP contribution < -0.4 is 0 Å². The number of aromatic nitrogens is 1. The maximum Gasteiger partial charge on any atom is 0.310 e. The molecule has 0 saturated carbocycles. The second kappa shape index (κ2) is 6.68. The van der Waals surface area contributed by atoms with Crippen LogP contribution in [0.4, 0.5) is 14.5 Å². The topological polar surface area (TPSA) is 82.3 Å². The smallest absolute Gasteiger partial charge is 0.310 e. The molecule has 0 unspecified atom stereocenters. The molecule has 0 aliphatic rings. The van der Waals surface area contributed by atoms with Gasteiger partial charge in [-0.15, -0.1) is 0 Å². The number of alkyl halides is 2. The van der Waals surface area contributed by atoms with Crippen molar-refractivity contribution in [2.45, 2.75) is 19.8 Å². The van der Waals surface area contributed by atoms with E-state index in [0.717, 1.165) is 6.07 Å². The van der Waals surface area contributed by atoms with E-state index in [-0.39, 0.29) is 22.3 Å². The summed E-state index contributed by atoms with van der Waals surface area (Å²) in [5, 5.41) is 10.7. The standard InChI is InChI=1S/C10H9F2IN2O4/c1-2-19-7(16)4-5-3-6(15(17)18)8(9(11)12)14-10(5)13/h3,9H,2,4H2,1H3. The molecule has 1 rings (SSSR count). The molecule has 0 fully saturated rings. The van der Waals surface area contributed by atoms with Crippen molar-refractivity contribution in [3.63, 3.8) is 0 Å². The number of carbonyl (C=O) groups excluding carboxylic acids is 1. The SMILES string of the molecule is CCOC(=O)Cc1cc([N+](=O)[O-])c(C(F)F)nc1I. The van der Waals surface area contributed by atoms with Gasteiger partial charge in [-0.1, -0.05) is 0 Å². The van der Waals surface area contributed by atoms with Crippen molar-refractivity contribution in [2.24, 2.45) is 0 Å². The van der Waals surface area contributed by atoms with Gasteiger partial charge < -0.3 is 4.74 Å². The molecule has 0 radical (unpaired) electrons.